The summed E-state index contributed by atoms with van der Waals surface area (Å²) in [5.74, 6) is 0. The van der Waals surface area contributed by atoms with Gasteiger partial charge in [0.15, 0.2) is 0 Å². The maximum absolute atomic E-state index is 10.4. The van der Waals surface area contributed by atoms with Crippen molar-refractivity contribution >= 4 is 17.7 Å². The van der Waals surface area contributed by atoms with Gasteiger partial charge in [-0.2, -0.15) is 0 Å². The molecular weight excluding hydrogens is 218 g/mol. The molecule has 0 heterocycles. The maximum Gasteiger partial charge on any atom is 0.404 e. The lowest BCUT2D eigenvalue weighted by atomic mass is 10.1. The second kappa shape index (κ2) is 5.58. The SMILES string of the molecule is O=C(O)N[C@H](CO)Cc1ccc(Cl)cc1. The van der Waals surface area contributed by atoms with Gasteiger partial charge in [0.05, 0.1) is 12.6 Å². The molecule has 1 aromatic rings. The number of benzene rings is 1. The molecule has 82 valence electrons. The number of carboxylic acid groups (broad SMARTS) is 1. The van der Waals surface area contributed by atoms with Crippen LogP contribution in [-0.4, -0.2) is 29.0 Å². The first-order valence-electron chi connectivity index (χ1n) is 4.46. The van der Waals surface area contributed by atoms with Crippen molar-refractivity contribution in [3.8, 4) is 0 Å². The third-order valence-corrected chi connectivity index (χ3v) is 2.20. The summed E-state index contributed by atoms with van der Waals surface area (Å²) in [6.07, 6.45) is -0.692. The molecule has 0 spiro atoms. The molecule has 0 aliphatic heterocycles. The van der Waals surface area contributed by atoms with E-state index in [2.05, 4.69) is 5.32 Å². The van der Waals surface area contributed by atoms with Gasteiger partial charge in [-0.1, -0.05) is 23.7 Å². The predicted octanol–water partition coefficient (Wildman–Crippen LogP) is 1.51. The first-order chi connectivity index (χ1) is 7.11. The third-order valence-electron chi connectivity index (χ3n) is 1.94. The first-order valence-corrected chi connectivity index (χ1v) is 4.84. The van der Waals surface area contributed by atoms with Crippen molar-refractivity contribution in [2.24, 2.45) is 0 Å². The van der Waals surface area contributed by atoms with Gasteiger partial charge in [-0.05, 0) is 24.1 Å². The summed E-state index contributed by atoms with van der Waals surface area (Å²) in [6.45, 7) is -0.227. The van der Waals surface area contributed by atoms with E-state index in [1.54, 1.807) is 24.3 Å². The van der Waals surface area contributed by atoms with Crippen molar-refractivity contribution in [3.05, 3.63) is 34.9 Å². The number of hydrogen-bond acceptors (Lipinski definition) is 2. The summed E-state index contributed by atoms with van der Waals surface area (Å²) < 4.78 is 0. The molecule has 0 bridgehead atoms. The quantitative estimate of drug-likeness (QED) is 0.733. The van der Waals surface area contributed by atoms with Crippen LogP contribution in [0.5, 0.6) is 0 Å². The van der Waals surface area contributed by atoms with E-state index in [0.717, 1.165) is 5.56 Å². The van der Waals surface area contributed by atoms with Crippen LogP contribution in [0.15, 0.2) is 24.3 Å². The van der Waals surface area contributed by atoms with Crippen molar-refractivity contribution in [1.82, 2.24) is 5.32 Å². The van der Waals surface area contributed by atoms with Crippen LogP contribution in [0.2, 0.25) is 5.02 Å². The van der Waals surface area contributed by atoms with E-state index in [-0.39, 0.29) is 6.61 Å². The molecule has 1 atom stereocenters. The molecule has 0 saturated heterocycles. The summed E-state index contributed by atoms with van der Waals surface area (Å²) in [5, 5.41) is 20.3. The lowest BCUT2D eigenvalue weighted by molar-refractivity contribution is 0.177. The van der Waals surface area contributed by atoms with Crippen molar-refractivity contribution in [3.63, 3.8) is 0 Å². The van der Waals surface area contributed by atoms with Gasteiger partial charge in [-0.3, -0.25) is 0 Å². The standard InChI is InChI=1S/C10H12ClNO3/c11-8-3-1-7(2-4-8)5-9(6-13)12-10(14)15/h1-4,9,12-13H,5-6H2,(H,14,15)/t9-/m0/s1. The van der Waals surface area contributed by atoms with Crippen LogP contribution in [0.1, 0.15) is 5.56 Å². The number of carbonyl (C=O) groups is 1. The van der Waals surface area contributed by atoms with E-state index in [4.69, 9.17) is 21.8 Å². The van der Waals surface area contributed by atoms with Crippen LogP contribution in [0, 0.1) is 0 Å². The third kappa shape index (κ3) is 4.18. The summed E-state index contributed by atoms with van der Waals surface area (Å²) >= 11 is 5.71. The number of hydrogen-bond donors (Lipinski definition) is 3. The molecule has 5 heteroatoms. The highest BCUT2D eigenvalue weighted by atomic mass is 35.5. The van der Waals surface area contributed by atoms with E-state index in [1.807, 2.05) is 0 Å². The Morgan fingerprint density at radius 3 is 2.47 bits per heavy atom. The number of amides is 1. The number of aliphatic hydroxyl groups is 1. The van der Waals surface area contributed by atoms with E-state index < -0.39 is 12.1 Å². The fraction of sp³-hybridized carbons (Fsp3) is 0.300. The lowest BCUT2D eigenvalue weighted by Crippen LogP contribution is -2.38. The zero-order valence-corrected chi connectivity index (χ0v) is 8.74. The van der Waals surface area contributed by atoms with Crippen molar-refractivity contribution in [2.75, 3.05) is 6.61 Å². The normalized spacial score (nSPS) is 12.1. The number of halogens is 1. The topological polar surface area (TPSA) is 69.6 Å². The molecule has 0 aliphatic rings. The van der Waals surface area contributed by atoms with E-state index in [1.165, 1.54) is 0 Å². The second-order valence-corrected chi connectivity index (χ2v) is 3.60. The minimum Gasteiger partial charge on any atom is -0.465 e. The molecule has 0 unspecified atom stereocenters. The lowest BCUT2D eigenvalue weighted by Gasteiger charge is -2.13. The molecule has 0 fully saturated rings. The molecule has 15 heavy (non-hydrogen) atoms. The Balaban J connectivity index is 2.58. The second-order valence-electron chi connectivity index (χ2n) is 3.16. The average molecular weight is 230 g/mol. The van der Waals surface area contributed by atoms with Crippen LogP contribution in [0.4, 0.5) is 4.79 Å². The molecule has 1 amide bonds. The zero-order valence-electron chi connectivity index (χ0n) is 7.98. The molecule has 1 aromatic carbocycles. The largest absolute Gasteiger partial charge is 0.465 e. The van der Waals surface area contributed by atoms with Crippen LogP contribution in [-0.2, 0) is 6.42 Å². The Bertz CT molecular complexity index is 326. The maximum atomic E-state index is 10.4. The zero-order chi connectivity index (χ0) is 11.3. The molecule has 1 rings (SSSR count). The van der Waals surface area contributed by atoms with E-state index in [0.29, 0.717) is 11.4 Å². The first kappa shape index (κ1) is 11.8. The predicted molar refractivity (Wildman–Crippen MR) is 57.2 cm³/mol. The highest BCUT2D eigenvalue weighted by Gasteiger charge is 2.10. The Hall–Kier alpha value is -1.26. The Morgan fingerprint density at radius 2 is 2.00 bits per heavy atom. The van der Waals surface area contributed by atoms with Gasteiger partial charge >= 0.3 is 6.09 Å². The fourth-order valence-electron chi connectivity index (χ4n) is 1.24. The number of aliphatic hydroxyl groups excluding tert-OH is 1. The monoisotopic (exact) mass is 229 g/mol. The van der Waals surface area contributed by atoms with Crippen molar-refractivity contribution < 1.29 is 15.0 Å². The van der Waals surface area contributed by atoms with Crippen LogP contribution in [0.3, 0.4) is 0 Å². The van der Waals surface area contributed by atoms with Gasteiger partial charge in [-0.15, -0.1) is 0 Å². The summed E-state index contributed by atoms with van der Waals surface area (Å²) in [6, 6.07) is 6.57. The molecule has 3 N–H and O–H groups in total. The molecule has 0 aromatic heterocycles. The van der Waals surface area contributed by atoms with Gasteiger partial charge in [0.1, 0.15) is 0 Å². The molecule has 4 nitrogen and oxygen atoms in total. The highest BCUT2D eigenvalue weighted by Crippen LogP contribution is 2.10. The minimum absolute atomic E-state index is 0.227. The Kier molecular flexibility index (Phi) is 4.39. The smallest absolute Gasteiger partial charge is 0.404 e. The Labute approximate surface area is 92.5 Å². The van der Waals surface area contributed by atoms with Crippen LogP contribution >= 0.6 is 11.6 Å². The summed E-state index contributed by atoms with van der Waals surface area (Å²) in [7, 11) is 0. The van der Waals surface area contributed by atoms with Gasteiger partial charge < -0.3 is 15.5 Å². The number of nitrogens with one attached hydrogen (secondary N) is 1. The summed E-state index contributed by atoms with van der Waals surface area (Å²) in [4.78, 5) is 10.4. The summed E-state index contributed by atoms with van der Waals surface area (Å²) in [5.41, 5.74) is 0.923. The van der Waals surface area contributed by atoms with Crippen molar-refractivity contribution in [2.45, 2.75) is 12.5 Å². The van der Waals surface area contributed by atoms with E-state index >= 15 is 0 Å². The molecule has 0 aliphatic carbocycles. The number of rotatable bonds is 4. The molecule has 0 saturated carbocycles. The average Bonchev–Trinajstić information content (AvgIpc) is 2.19. The Morgan fingerprint density at radius 1 is 1.40 bits per heavy atom. The van der Waals surface area contributed by atoms with Gasteiger partial charge in [0, 0.05) is 5.02 Å². The van der Waals surface area contributed by atoms with Gasteiger partial charge in [0.2, 0.25) is 0 Å². The fourth-order valence-corrected chi connectivity index (χ4v) is 1.37. The van der Waals surface area contributed by atoms with Crippen molar-refractivity contribution in [1.29, 1.82) is 0 Å². The van der Waals surface area contributed by atoms with Gasteiger partial charge in [0.25, 0.3) is 0 Å². The van der Waals surface area contributed by atoms with Crippen LogP contribution < -0.4 is 5.32 Å². The van der Waals surface area contributed by atoms with Crippen LogP contribution in [0.25, 0.3) is 0 Å². The highest BCUT2D eigenvalue weighted by molar-refractivity contribution is 6.30. The molecule has 0 radical (unpaired) electrons. The minimum atomic E-state index is -1.14. The molecular formula is C10H12ClNO3. The van der Waals surface area contributed by atoms with Gasteiger partial charge in [-0.25, -0.2) is 4.79 Å². The van der Waals surface area contributed by atoms with E-state index in [9.17, 15) is 4.79 Å².